The van der Waals surface area contributed by atoms with E-state index in [0.29, 0.717) is 30.8 Å². The summed E-state index contributed by atoms with van der Waals surface area (Å²) in [7, 11) is 1.57. The Balaban J connectivity index is 0.00000342. The van der Waals surface area contributed by atoms with Crippen LogP contribution in [0.2, 0.25) is 0 Å². The highest BCUT2D eigenvalue weighted by molar-refractivity contribution is 8.14. The molecule has 1 aliphatic heterocycles. The van der Waals surface area contributed by atoms with Crippen LogP contribution in [0.25, 0.3) is 6.08 Å². The van der Waals surface area contributed by atoms with Crippen LogP contribution in [0.3, 0.4) is 0 Å². The van der Waals surface area contributed by atoms with Crippen molar-refractivity contribution in [3.63, 3.8) is 0 Å². The Labute approximate surface area is 214 Å². The summed E-state index contributed by atoms with van der Waals surface area (Å²) in [4.78, 5) is 38.9. The van der Waals surface area contributed by atoms with Crippen LogP contribution in [-0.2, 0) is 20.9 Å². The molecule has 1 saturated carbocycles. The summed E-state index contributed by atoms with van der Waals surface area (Å²) >= 11 is 1.27. The number of Topliss-reactive ketones (excluding diaryl/α,β-unsaturated/α-hetero) is 1. The monoisotopic (exact) mass is 520 g/mol. The van der Waals surface area contributed by atoms with E-state index in [1.54, 1.807) is 43.0 Å². The summed E-state index contributed by atoms with van der Waals surface area (Å²) in [6, 6.07) is 7.66. The van der Waals surface area contributed by atoms with Crippen molar-refractivity contribution in [2.24, 2.45) is 5.92 Å². The van der Waals surface area contributed by atoms with Crippen LogP contribution >= 0.6 is 24.2 Å². The molecule has 35 heavy (non-hydrogen) atoms. The number of halogens is 2. The van der Waals surface area contributed by atoms with Crippen molar-refractivity contribution in [1.82, 2.24) is 20.0 Å². The van der Waals surface area contributed by atoms with Crippen LogP contribution in [0.5, 0.6) is 0 Å². The topological polar surface area (TPSA) is 84.3 Å². The number of rotatable bonds is 8. The van der Waals surface area contributed by atoms with Crippen LogP contribution in [0.1, 0.15) is 43.5 Å². The van der Waals surface area contributed by atoms with Gasteiger partial charge in [-0.15, -0.1) is 12.4 Å². The van der Waals surface area contributed by atoms with Gasteiger partial charge in [-0.2, -0.15) is 5.10 Å². The van der Waals surface area contributed by atoms with Crippen LogP contribution < -0.4 is 5.32 Å². The third kappa shape index (κ3) is 6.80. The number of nitrogens with one attached hydrogen (secondary N) is 1. The van der Waals surface area contributed by atoms with Gasteiger partial charge in [-0.25, -0.2) is 4.39 Å². The van der Waals surface area contributed by atoms with Crippen molar-refractivity contribution in [2.45, 2.75) is 44.0 Å². The van der Waals surface area contributed by atoms with Gasteiger partial charge in [-0.1, -0.05) is 30.0 Å². The molecule has 1 N–H and O–H groups in total. The SMILES string of the molecule is CNC(=O)Cn1ccc(/C=C2\CN(C(C(=O)C3CC3)c3ccccc3F)CCC2SC(C)=O)n1.Cl. The standard InChI is InChI=1S/C25H29FN4O3S.ClH/c1-16(31)34-22-10-11-29(14-18(22)13-19-9-12-30(28-19)15-23(32)27-2)24(25(33)17-7-8-17)20-5-3-4-6-21(20)26;/h3-6,9,12-13,17,22,24H,7-8,10-11,14-15H2,1-2H3,(H,27,32);1H/b18-13+;. The van der Waals surface area contributed by atoms with Crippen LogP contribution in [0.4, 0.5) is 4.39 Å². The molecule has 2 heterocycles. The predicted molar refractivity (Wildman–Crippen MR) is 137 cm³/mol. The fourth-order valence-corrected chi connectivity index (χ4v) is 5.27. The first kappa shape index (κ1) is 27.1. The number of aromatic nitrogens is 2. The minimum Gasteiger partial charge on any atom is -0.358 e. The smallest absolute Gasteiger partial charge is 0.241 e. The Hall–Kier alpha value is -2.49. The number of carbonyl (C=O) groups is 3. The van der Waals surface area contributed by atoms with Gasteiger partial charge in [0.05, 0.1) is 11.7 Å². The molecule has 0 radical (unpaired) electrons. The lowest BCUT2D eigenvalue weighted by atomic mass is 9.93. The quantitative estimate of drug-likeness (QED) is 0.572. The molecule has 2 unspecified atom stereocenters. The molecule has 2 aliphatic rings. The number of nitrogens with zero attached hydrogens (tertiary/aromatic N) is 3. The number of carbonyl (C=O) groups excluding carboxylic acids is 3. The van der Waals surface area contributed by atoms with E-state index in [1.165, 1.54) is 17.8 Å². The summed E-state index contributed by atoms with van der Waals surface area (Å²) in [6.45, 7) is 2.68. The number of thioether (sulfide) groups is 1. The molecule has 2 fully saturated rings. The molecule has 10 heteroatoms. The molecule has 7 nitrogen and oxygen atoms in total. The van der Waals surface area contributed by atoms with Crippen molar-refractivity contribution in [3.05, 3.63) is 59.2 Å². The van der Waals surface area contributed by atoms with E-state index in [-0.39, 0.29) is 52.7 Å². The molecular weight excluding hydrogens is 491 g/mol. The lowest BCUT2D eigenvalue weighted by Gasteiger charge is -2.38. The summed E-state index contributed by atoms with van der Waals surface area (Å²) in [5, 5.41) is 7.01. The molecule has 1 aromatic carbocycles. The van der Waals surface area contributed by atoms with E-state index in [1.807, 2.05) is 17.0 Å². The molecular formula is C25H30ClFN4O3S. The van der Waals surface area contributed by atoms with Crippen molar-refractivity contribution >= 4 is 47.1 Å². The predicted octanol–water partition coefficient (Wildman–Crippen LogP) is 3.65. The summed E-state index contributed by atoms with van der Waals surface area (Å²) in [6.07, 6.45) is 6.02. The first-order valence-corrected chi connectivity index (χ1v) is 12.4. The molecule has 1 saturated heterocycles. The highest BCUT2D eigenvalue weighted by Crippen LogP contribution is 2.40. The fourth-order valence-electron chi connectivity index (χ4n) is 4.35. The number of likely N-dealkylation sites (tertiary alicyclic amines) is 1. The molecule has 1 aliphatic carbocycles. The van der Waals surface area contributed by atoms with Gasteiger partial charge in [0.25, 0.3) is 0 Å². The molecule has 1 aromatic heterocycles. The second-order valence-corrected chi connectivity index (χ2v) is 10.2. The zero-order chi connectivity index (χ0) is 24.2. The Morgan fingerprint density at radius 1 is 1.23 bits per heavy atom. The molecule has 188 valence electrons. The van der Waals surface area contributed by atoms with E-state index >= 15 is 0 Å². The normalized spacial score (nSPS) is 20.2. The average Bonchev–Trinajstić information content (AvgIpc) is 3.57. The summed E-state index contributed by atoms with van der Waals surface area (Å²) in [5.74, 6) is -0.471. The Kier molecular flexibility index (Phi) is 9.27. The van der Waals surface area contributed by atoms with Gasteiger partial charge >= 0.3 is 0 Å². The van der Waals surface area contributed by atoms with Gasteiger partial charge in [0.1, 0.15) is 12.4 Å². The maximum absolute atomic E-state index is 14.8. The third-order valence-corrected chi connectivity index (χ3v) is 7.33. The maximum Gasteiger partial charge on any atom is 0.241 e. The largest absolute Gasteiger partial charge is 0.358 e. The molecule has 0 spiro atoms. The lowest BCUT2D eigenvalue weighted by molar-refractivity contribution is -0.126. The summed E-state index contributed by atoms with van der Waals surface area (Å²) < 4.78 is 16.3. The Morgan fingerprint density at radius 2 is 1.97 bits per heavy atom. The van der Waals surface area contributed by atoms with Crippen molar-refractivity contribution < 1.29 is 18.8 Å². The van der Waals surface area contributed by atoms with Gasteiger partial charge in [0.2, 0.25) is 5.91 Å². The molecule has 0 bridgehead atoms. The van der Waals surface area contributed by atoms with Gasteiger partial charge in [0.15, 0.2) is 10.9 Å². The summed E-state index contributed by atoms with van der Waals surface area (Å²) in [5.41, 5.74) is 2.04. The number of benzene rings is 1. The Bertz CT molecular complexity index is 1120. The van der Waals surface area contributed by atoms with E-state index in [0.717, 1.165) is 18.4 Å². The second-order valence-electron chi connectivity index (χ2n) is 8.79. The van der Waals surface area contributed by atoms with Crippen molar-refractivity contribution in [2.75, 3.05) is 20.1 Å². The maximum atomic E-state index is 14.8. The minimum absolute atomic E-state index is 0. The highest BCUT2D eigenvalue weighted by Gasteiger charge is 2.41. The number of likely N-dealkylation sites (N-methyl/N-ethyl adjacent to an activating group) is 1. The highest BCUT2D eigenvalue weighted by atomic mass is 35.5. The van der Waals surface area contributed by atoms with Crippen LogP contribution in [-0.4, -0.2) is 56.9 Å². The van der Waals surface area contributed by atoms with Crippen LogP contribution in [0.15, 0.2) is 42.1 Å². The van der Waals surface area contributed by atoms with Crippen molar-refractivity contribution in [1.29, 1.82) is 0 Å². The first-order valence-electron chi connectivity index (χ1n) is 11.5. The van der Waals surface area contributed by atoms with Gasteiger partial charge < -0.3 is 5.32 Å². The number of amides is 1. The fraction of sp³-hybridized carbons (Fsp3) is 0.440. The van der Waals surface area contributed by atoms with E-state index in [9.17, 15) is 18.8 Å². The third-order valence-electron chi connectivity index (χ3n) is 6.18. The molecule has 4 rings (SSSR count). The zero-order valence-electron chi connectivity index (χ0n) is 19.8. The Morgan fingerprint density at radius 3 is 2.63 bits per heavy atom. The minimum atomic E-state index is -0.647. The number of hydrogen-bond donors (Lipinski definition) is 1. The first-order chi connectivity index (χ1) is 16.4. The number of ketones is 1. The molecule has 1 amide bonds. The number of piperidine rings is 1. The van der Waals surface area contributed by atoms with Gasteiger partial charge in [-0.3, -0.25) is 24.0 Å². The van der Waals surface area contributed by atoms with Gasteiger partial charge in [0, 0.05) is 50.0 Å². The second kappa shape index (κ2) is 12.0. The zero-order valence-corrected chi connectivity index (χ0v) is 21.4. The van der Waals surface area contributed by atoms with Gasteiger partial charge in [-0.05, 0) is 43.0 Å². The van der Waals surface area contributed by atoms with Crippen LogP contribution in [0, 0.1) is 11.7 Å². The van der Waals surface area contributed by atoms with E-state index in [2.05, 4.69) is 10.4 Å². The lowest BCUT2D eigenvalue weighted by Crippen LogP contribution is -2.43. The molecule has 2 aromatic rings. The number of hydrogen-bond acceptors (Lipinski definition) is 6. The van der Waals surface area contributed by atoms with E-state index in [4.69, 9.17) is 0 Å². The average molecular weight is 521 g/mol. The van der Waals surface area contributed by atoms with E-state index < -0.39 is 6.04 Å². The van der Waals surface area contributed by atoms with Crippen molar-refractivity contribution in [3.8, 4) is 0 Å². The molecule has 2 atom stereocenters.